The number of anilines is 1. The van der Waals surface area contributed by atoms with Crippen molar-refractivity contribution in [2.45, 2.75) is 0 Å². The molecule has 0 radical (unpaired) electrons. The Labute approximate surface area is 87.9 Å². The summed E-state index contributed by atoms with van der Waals surface area (Å²) >= 11 is 0. The number of hydrogen-bond donors (Lipinski definition) is 0. The number of carbonyl (C=O) groups excluding carboxylic acids is 1. The Morgan fingerprint density at radius 3 is 2.67 bits per heavy atom. The van der Waals surface area contributed by atoms with E-state index < -0.39 is 0 Å². The third kappa shape index (κ3) is 1.33. The molecule has 4 nitrogen and oxygen atoms in total. The minimum absolute atomic E-state index is 0.420. The minimum Gasteiger partial charge on any atom is -0.380 e. The predicted octanol–water partition coefficient (Wildman–Crippen LogP) is 0.731. The summed E-state index contributed by atoms with van der Waals surface area (Å²) in [5, 5.41) is 0. The number of rotatable bonds is 2. The van der Waals surface area contributed by atoms with E-state index in [1.165, 1.54) is 0 Å². The Morgan fingerprint density at radius 2 is 2.20 bits per heavy atom. The second-order valence-electron chi connectivity index (χ2n) is 4.41. The zero-order valence-electron chi connectivity index (χ0n) is 8.35. The first-order valence-corrected chi connectivity index (χ1v) is 5.05. The molecule has 0 N–H and O–H groups in total. The standard InChI is InChI=1S/C11H12N2O2/c14-4-9-1-2-10(3-12-9)13-5-11(6-13)7-15-8-11/h1-4H,5-8H2. The van der Waals surface area contributed by atoms with Gasteiger partial charge in [0.25, 0.3) is 0 Å². The molecule has 78 valence electrons. The number of carbonyl (C=O) groups is 1. The van der Waals surface area contributed by atoms with Crippen LogP contribution in [0.4, 0.5) is 5.69 Å². The number of pyridine rings is 1. The zero-order valence-corrected chi connectivity index (χ0v) is 8.35. The van der Waals surface area contributed by atoms with Crippen molar-refractivity contribution in [1.82, 2.24) is 4.98 Å². The molecule has 0 unspecified atom stereocenters. The van der Waals surface area contributed by atoms with Gasteiger partial charge >= 0.3 is 0 Å². The zero-order chi connectivity index (χ0) is 10.3. The van der Waals surface area contributed by atoms with Crippen LogP contribution in [0.25, 0.3) is 0 Å². The highest BCUT2D eigenvalue weighted by Gasteiger charge is 2.49. The molecular formula is C11H12N2O2. The highest BCUT2D eigenvalue weighted by Crippen LogP contribution is 2.39. The van der Waals surface area contributed by atoms with Crippen LogP contribution in [0.2, 0.25) is 0 Å². The fourth-order valence-corrected chi connectivity index (χ4v) is 2.17. The van der Waals surface area contributed by atoms with Crippen molar-refractivity contribution in [2.75, 3.05) is 31.2 Å². The van der Waals surface area contributed by atoms with E-state index in [0.29, 0.717) is 11.1 Å². The Hall–Kier alpha value is -1.42. The van der Waals surface area contributed by atoms with Crippen molar-refractivity contribution in [3.05, 3.63) is 24.0 Å². The molecule has 1 aromatic heterocycles. The molecule has 0 aromatic carbocycles. The molecule has 15 heavy (non-hydrogen) atoms. The molecule has 0 saturated carbocycles. The van der Waals surface area contributed by atoms with Crippen molar-refractivity contribution in [1.29, 1.82) is 0 Å². The van der Waals surface area contributed by atoms with Crippen LogP contribution in [0.3, 0.4) is 0 Å². The average Bonchev–Trinajstić information content (AvgIpc) is 2.14. The van der Waals surface area contributed by atoms with Crippen molar-refractivity contribution in [3.63, 3.8) is 0 Å². The molecule has 2 saturated heterocycles. The summed E-state index contributed by atoms with van der Waals surface area (Å²) in [6, 6.07) is 3.70. The molecule has 4 heteroatoms. The first-order valence-electron chi connectivity index (χ1n) is 5.05. The van der Waals surface area contributed by atoms with Crippen molar-refractivity contribution in [3.8, 4) is 0 Å². The van der Waals surface area contributed by atoms with E-state index in [2.05, 4.69) is 9.88 Å². The lowest BCUT2D eigenvalue weighted by molar-refractivity contribution is -0.127. The Balaban J connectivity index is 1.70. The molecular weight excluding hydrogens is 192 g/mol. The maximum Gasteiger partial charge on any atom is 0.168 e. The van der Waals surface area contributed by atoms with E-state index >= 15 is 0 Å². The molecule has 3 heterocycles. The molecule has 2 aliphatic heterocycles. The van der Waals surface area contributed by atoms with Gasteiger partial charge in [0, 0.05) is 13.1 Å². The Bertz CT molecular complexity index is 376. The van der Waals surface area contributed by atoms with Crippen molar-refractivity contribution < 1.29 is 9.53 Å². The van der Waals surface area contributed by atoms with Crippen molar-refractivity contribution in [2.24, 2.45) is 5.41 Å². The SMILES string of the molecule is O=Cc1ccc(N2CC3(COC3)C2)cn1. The van der Waals surface area contributed by atoms with Crippen LogP contribution in [0.5, 0.6) is 0 Å². The largest absolute Gasteiger partial charge is 0.380 e. The molecule has 1 spiro atoms. The van der Waals surface area contributed by atoms with Gasteiger partial charge in [0.05, 0.1) is 30.5 Å². The van der Waals surface area contributed by atoms with Gasteiger partial charge < -0.3 is 9.64 Å². The Morgan fingerprint density at radius 1 is 1.40 bits per heavy atom. The quantitative estimate of drug-likeness (QED) is 0.666. The molecule has 0 amide bonds. The normalized spacial score (nSPS) is 22.0. The number of aldehydes is 1. The molecule has 0 bridgehead atoms. The lowest BCUT2D eigenvalue weighted by Crippen LogP contribution is -2.66. The second kappa shape index (κ2) is 3.03. The van der Waals surface area contributed by atoms with Gasteiger partial charge in [-0.25, -0.2) is 0 Å². The summed E-state index contributed by atoms with van der Waals surface area (Å²) in [6.45, 7) is 3.89. The molecule has 3 rings (SSSR count). The van der Waals surface area contributed by atoms with Gasteiger partial charge in [-0.2, -0.15) is 0 Å². The maximum absolute atomic E-state index is 10.4. The minimum atomic E-state index is 0.420. The summed E-state index contributed by atoms with van der Waals surface area (Å²) in [6.07, 6.45) is 2.53. The fourth-order valence-electron chi connectivity index (χ4n) is 2.17. The summed E-state index contributed by atoms with van der Waals surface area (Å²) in [4.78, 5) is 16.8. The third-order valence-corrected chi connectivity index (χ3v) is 3.13. The topological polar surface area (TPSA) is 42.4 Å². The summed E-state index contributed by atoms with van der Waals surface area (Å²) < 4.78 is 5.21. The summed E-state index contributed by atoms with van der Waals surface area (Å²) in [7, 11) is 0. The van der Waals surface area contributed by atoms with Crippen molar-refractivity contribution >= 4 is 12.0 Å². The van der Waals surface area contributed by atoms with E-state index in [-0.39, 0.29) is 0 Å². The van der Waals surface area contributed by atoms with Gasteiger partial charge in [-0.05, 0) is 12.1 Å². The molecule has 0 atom stereocenters. The van der Waals surface area contributed by atoms with Crippen LogP contribution >= 0.6 is 0 Å². The predicted molar refractivity (Wildman–Crippen MR) is 55.1 cm³/mol. The maximum atomic E-state index is 10.4. The number of nitrogens with zero attached hydrogens (tertiary/aromatic N) is 2. The Kier molecular flexibility index (Phi) is 1.79. The van der Waals surface area contributed by atoms with E-state index in [1.54, 1.807) is 12.3 Å². The fraction of sp³-hybridized carbons (Fsp3) is 0.455. The molecule has 1 aromatic rings. The lowest BCUT2D eigenvalue weighted by Gasteiger charge is -2.55. The van der Waals surface area contributed by atoms with Gasteiger partial charge in [0.15, 0.2) is 6.29 Å². The van der Waals surface area contributed by atoms with E-state index in [4.69, 9.17) is 4.74 Å². The van der Waals surface area contributed by atoms with E-state index in [0.717, 1.165) is 38.3 Å². The van der Waals surface area contributed by atoms with Gasteiger partial charge in [-0.3, -0.25) is 9.78 Å². The third-order valence-electron chi connectivity index (χ3n) is 3.13. The van der Waals surface area contributed by atoms with Crippen LogP contribution in [0.15, 0.2) is 18.3 Å². The number of ether oxygens (including phenoxy) is 1. The first-order chi connectivity index (χ1) is 7.31. The van der Waals surface area contributed by atoms with Crippen LogP contribution in [0.1, 0.15) is 10.5 Å². The highest BCUT2D eigenvalue weighted by atomic mass is 16.5. The van der Waals surface area contributed by atoms with Gasteiger partial charge in [0.1, 0.15) is 5.69 Å². The van der Waals surface area contributed by atoms with Crippen LogP contribution in [-0.4, -0.2) is 37.6 Å². The molecule has 0 aliphatic carbocycles. The number of aromatic nitrogens is 1. The van der Waals surface area contributed by atoms with Crippen LogP contribution in [-0.2, 0) is 4.74 Å². The van der Waals surface area contributed by atoms with Crippen LogP contribution < -0.4 is 4.90 Å². The van der Waals surface area contributed by atoms with E-state index in [9.17, 15) is 4.79 Å². The summed E-state index contributed by atoms with van der Waals surface area (Å²) in [5.74, 6) is 0. The smallest absolute Gasteiger partial charge is 0.168 e. The summed E-state index contributed by atoms with van der Waals surface area (Å²) in [5.41, 5.74) is 2.00. The highest BCUT2D eigenvalue weighted by molar-refractivity contribution is 5.72. The monoisotopic (exact) mass is 204 g/mol. The first kappa shape index (κ1) is 8.85. The van der Waals surface area contributed by atoms with Gasteiger partial charge in [-0.1, -0.05) is 0 Å². The molecule has 2 aliphatic rings. The van der Waals surface area contributed by atoms with Crippen LogP contribution in [0, 0.1) is 5.41 Å². The van der Waals surface area contributed by atoms with E-state index in [1.807, 2.05) is 6.07 Å². The van der Waals surface area contributed by atoms with Gasteiger partial charge in [-0.15, -0.1) is 0 Å². The van der Waals surface area contributed by atoms with Gasteiger partial charge in [0.2, 0.25) is 0 Å². The molecule has 2 fully saturated rings. The number of hydrogen-bond acceptors (Lipinski definition) is 4. The average molecular weight is 204 g/mol. The lowest BCUT2D eigenvalue weighted by atomic mass is 9.78. The second-order valence-corrected chi connectivity index (χ2v) is 4.41.